The summed E-state index contributed by atoms with van der Waals surface area (Å²) in [6.07, 6.45) is 33.5. The van der Waals surface area contributed by atoms with Gasteiger partial charge in [0.05, 0.1) is 72.3 Å². The number of para-hydroxylation sites is 1. The molecule has 486 valence electrons. The van der Waals surface area contributed by atoms with E-state index in [-0.39, 0.29) is 0 Å². The zero-order valence-corrected chi connectivity index (χ0v) is 56.3. The van der Waals surface area contributed by atoms with Crippen LogP contribution < -0.4 is 9.47 Å². The Bertz CT molecular complexity index is 3820. The molecule has 0 spiro atoms. The molecule has 4 aliphatic heterocycles. The van der Waals surface area contributed by atoms with E-state index in [1.165, 1.54) is 111 Å². The summed E-state index contributed by atoms with van der Waals surface area (Å²) in [6, 6.07) is 52.7. The van der Waals surface area contributed by atoms with Crippen molar-refractivity contribution in [1.82, 2.24) is 49.8 Å². The molecular formula is C79H78N10O4S3. The van der Waals surface area contributed by atoms with Gasteiger partial charge in [-0.05, 0) is 201 Å². The lowest BCUT2D eigenvalue weighted by Gasteiger charge is -2.14. The van der Waals surface area contributed by atoms with Gasteiger partial charge < -0.3 is 18.9 Å². The second-order valence-electron chi connectivity index (χ2n) is 22.6. The van der Waals surface area contributed by atoms with Gasteiger partial charge in [0.2, 0.25) is 5.88 Å². The summed E-state index contributed by atoms with van der Waals surface area (Å²) in [5.41, 5.74) is 16.1. The van der Waals surface area contributed by atoms with Crippen molar-refractivity contribution < 1.29 is 18.9 Å². The predicted octanol–water partition coefficient (Wildman–Crippen LogP) is 17.8. The zero-order chi connectivity index (χ0) is 65.3. The fourth-order valence-corrected chi connectivity index (χ4v) is 13.2. The fourth-order valence-electron chi connectivity index (χ4n) is 11.0. The molecule has 6 aliphatic rings. The molecule has 0 atom stereocenters. The number of rotatable bonds is 0. The number of pyridine rings is 10. The van der Waals surface area contributed by atoms with Crippen LogP contribution in [-0.4, -0.2) is 76.3 Å². The van der Waals surface area contributed by atoms with Crippen molar-refractivity contribution in [2.45, 2.75) is 96.7 Å². The number of aromatic nitrogens is 10. The highest BCUT2D eigenvalue weighted by Gasteiger charge is 2.13. The van der Waals surface area contributed by atoms with Gasteiger partial charge >= 0.3 is 0 Å². The van der Waals surface area contributed by atoms with Gasteiger partial charge in [-0.15, -0.1) is 34.0 Å². The summed E-state index contributed by atoms with van der Waals surface area (Å²) >= 11 is 5.09. The van der Waals surface area contributed by atoms with Gasteiger partial charge in [-0.25, -0.2) is 9.97 Å². The third kappa shape index (κ3) is 21.2. The first-order valence-corrected chi connectivity index (χ1v) is 35.5. The number of hydrogen-bond donors (Lipinski definition) is 0. The number of nitrogens with zero attached hydrogens (tertiary/aromatic N) is 10. The van der Waals surface area contributed by atoms with Gasteiger partial charge in [-0.3, -0.25) is 39.9 Å². The third-order valence-electron chi connectivity index (χ3n) is 16.0. The first kappa shape index (κ1) is 67.8. The molecule has 14 nitrogen and oxygen atoms in total. The lowest BCUT2D eigenvalue weighted by molar-refractivity contribution is 0.107. The molecule has 13 aromatic heterocycles. The van der Waals surface area contributed by atoms with Crippen LogP contribution in [0.2, 0.25) is 0 Å². The van der Waals surface area contributed by atoms with Crippen molar-refractivity contribution in [2.75, 3.05) is 26.4 Å². The normalized spacial score (nSPS) is 13.8. The maximum atomic E-state index is 5.36. The SMILES string of the molecule is c1ccc2ncccc2c1.c1cnc2c(c1)CCC2.c1cnc2c(c1)CCCC2.c1cnc2c(c1)CCCO2.c1cnc2c(c1)CCOC2.c1cnc2c(c1)COCC2.c1cnc2c(c1)OCCC2.c1cnc2ccsc2c1.c1cnc2cscc2c1.c1cnc2sccc2c1. The highest BCUT2D eigenvalue weighted by molar-refractivity contribution is 7.17. The molecule has 0 N–H and O–H groups in total. The average Bonchev–Trinajstić information content (AvgIpc) is 4.44. The van der Waals surface area contributed by atoms with Crippen LogP contribution in [-0.2, 0) is 74.1 Å². The van der Waals surface area contributed by atoms with Crippen LogP contribution in [0.25, 0.3) is 42.2 Å². The lowest BCUT2D eigenvalue weighted by atomic mass is 9.96. The van der Waals surface area contributed by atoms with E-state index in [0.717, 1.165) is 116 Å². The van der Waals surface area contributed by atoms with Crippen LogP contribution in [0.3, 0.4) is 0 Å². The molecule has 2 aliphatic carbocycles. The smallest absolute Gasteiger partial charge is 0.216 e. The van der Waals surface area contributed by atoms with Gasteiger partial charge in [0.15, 0.2) is 0 Å². The summed E-state index contributed by atoms with van der Waals surface area (Å²) < 4.78 is 22.4. The molecule has 0 radical (unpaired) electrons. The minimum absolute atomic E-state index is 0.691. The Morgan fingerprint density at radius 3 is 1.53 bits per heavy atom. The first-order valence-electron chi connectivity index (χ1n) is 32.8. The maximum absolute atomic E-state index is 5.36. The van der Waals surface area contributed by atoms with Crippen molar-refractivity contribution >= 4 is 76.2 Å². The van der Waals surface area contributed by atoms with Gasteiger partial charge in [0.1, 0.15) is 10.6 Å². The van der Waals surface area contributed by atoms with Crippen LogP contribution in [0.15, 0.2) is 241 Å². The van der Waals surface area contributed by atoms with Crippen molar-refractivity contribution in [3.63, 3.8) is 0 Å². The van der Waals surface area contributed by atoms with Crippen molar-refractivity contribution in [1.29, 1.82) is 0 Å². The van der Waals surface area contributed by atoms with Gasteiger partial charge in [0, 0.05) is 118 Å². The van der Waals surface area contributed by atoms with E-state index in [1.54, 1.807) is 40.2 Å². The minimum Gasteiger partial charge on any atom is -0.492 e. The zero-order valence-electron chi connectivity index (χ0n) is 53.9. The second-order valence-corrected chi connectivity index (χ2v) is 25.2. The van der Waals surface area contributed by atoms with Crippen molar-refractivity contribution in [3.05, 3.63) is 298 Å². The second kappa shape index (κ2) is 38.1. The Morgan fingerprint density at radius 1 is 0.292 bits per heavy atom. The predicted molar refractivity (Wildman–Crippen MR) is 389 cm³/mol. The summed E-state index contributed by atoms with van der Waals surface area (Å²) in [7, 11) is 0. The lowest BCUT2D eigenvalue weighted by Crippen LogP contribution is -2.10. The minimum atomic E-state index is 0.691. The molecule has 0 saturated heterocycles. The van der Waals surface area contributed by atoms with E-state index in [1.807, 2.05) is 147 Å². The fraction of sp³-hybridized carbons (Fsp3) is 0.241. The van der Waals surface area contributed by atoms with Crippen molar-refractivity contribution in [2.24, 2.45) is 0 Å². The van der Waals surface area contributed by atoms with E-state index in [2.05, 4.69) is 138 Å². The number of thiophene rings is 3. The molecule has 0 fully saturated rings. The van der Waals surface area contributed by atoms with E-state index in [0.29, 0.717) is 6.61 Å². The summed E-state index contributed by atoms with van der Waals surface area (Å²) in [5.74, 6) is 1.79. The molecule has 17 heteroatoms. The largest absolute Gasteiger partial charge is 0.492 e. The highest BCUT2D eigenvalue weighted by atomic mass is 32.1. The monoisotopic (exact) mass is 1330 g/mol. The average molecular weight is 1330 g/mol. The van der Waals surface area contributed by atoms with E-state index < -0.39 is 0 Å². The third-order valence-corrected chi connectivity index (χ3v) is 18.4. The summed E-state index contributed by atoms with van der Waals surface area (Å²) in [6.45, 7) is 4.77. The van der Waals surface area contributed by atoms with E-state index in [9.17, 15) is 0 Å². The van der Waals surface area contributed by atoms with Gasteiger partial charge in [0.25, 0.3) is 0 Å². The molecule has 1 aromatic carbocycles. The molecule has 0 amide bonds. The van der Waals surface area contributed by atoms with Crippen LogP contribution in [0, 0.1) is 0 Å². The summed E-state index contributed by atoms with van der Waals surface area (Å²) in [5, 5.41) is 11.9. The van der Waals surface area contributed by atoms with Crippen LogP contribution in [0.4, 0.5) is 0 Å². The Hall–Kier alpha value is -9.62. The molecule has 0 bridgehead atoms. The number of hydrogen-bond acceptors (Lipinski definition) is 17. The Morgan fingerprint density at radius 2 is 0.812 bits per heavy atom. The Kier molecular flexibility index (Phi) is 26.9. The van der Waals surface area contributed by atoms with Crippen LogP contribution >= 0.6 is 34.0 Å². The molecule has 14 aromatic rings. The molecule has 0 saturated carbocycles. The Labute approximate surface area is 573 Å². The highest BCUT2D eigenvalue weighted by Crippen LogP contribution is 2.24. The molecule has 20 rings (SSSR count). The number of benzene rings is 1. The van der Waals surface area contributed by atoms with Crippen LogP contribution in [0.1, 0.15) is 88.4 Å². The van der Waals surface area contributed by atoms with Crippen molar-refractivity contribution in [3.8, 4) is 11.6 Å². The van der Waals surface area contributed by atoms with Gasteiger partial charge in [-0.1, -0.05) is 66.7 Å². The number of ether oxygens (including phenoxy) is 4. The topological polar surface area (TPSA) is 166 Å². The standard InChI is InChI=1S/C9H11N.C9H7N.4C8H9NO.C8H9N.3C7H5NS/c2*1-2-6-9-8(4-1)5-3-7-10-9;1-4-8-7(9-5-1)3-2-6-10-8;1-3-7-4-2-6-10-8(7)9-5-1;1-2-7-6-10-5-3-8(7)9-4-1;1-2-7-3-5-10-6-8(7)9-4-1;1-3-7-4-2-6-9-8(7)5-1;1-2-7-6(8-4-1)3-5-9-7;1-2-6-3-5-9-7(6)8-4-1;1-2-6-4-9-5-7(6)8-3-1/h3,5,7H,1-2,4,6H2;1-7H;1,4-5H,2-3,6H2;1,3,5H,2,4,6H2;2*1-2,4H,3,5-6H2;2,4,6H,1,3,5H2;3*1-5H. The molecule has 96 heavy (non-hydrogen) atoms. The summed E-state index contributed by atoms with van der Waals surface area (Å²) in [4.78, 5) is 43.1. The van der Waals surface area contributed by atoms with Crippen LogP contribution in [0.5, 0.6) is 11.6 Å². The first-order chi connectivity index (χ1) is 47.7. The number of fused-ring (bicyclic) bond motifs is 10. The molecule has 0 unspecified atom stereocenters. The molecular weight excluding hydrogens is 1250 g/mol. The quantitative estimate of drug-likeness (QED) is 0.141. The van der Waals surface area contributed by atoms with Gasteiger partial charge in [-0.2, -0.15) is 0 Å². The van der Waals surface area contributed by atoms with E-state index in [4.69, 9.17) is 18.9 Å². The number of aryl methyl sites for hydroxylation is 6. The Balaban J connectivity index is 0.000000108. The maximum Gasteiger partial charge on any atom is 0.216 e. The molecule has 17 heterocycles. The van der Waals surface area contributed by atoms with E-state index >= 15 is 0 Å².